The highest BCUT2D eigenvalue weighted by atomic mass is 19.1. The van der Waals surface area contributed by atoms with E-state index in [0.29, 0.717) is 12.1 Å². The van der Waals surface area contributed by atoms with Gasteiger partial charge < -0.3 is 9.88 Å². The molecule has 3 aromatic rings. The molecule has 0 aliphatic heterocycles. The van der Waals surface area contributed by atoms with Gasteiger partial charge in [-0.1, -0.05) is 50.2 Å². The van der Waals surface area contributed by atoms with Crippen LogP contribution in [0.25, 0.3) is 0 Å². The number of nitrogens with one attached hydrogen (secondary N) is 1. The molecule has 2 aromatic carbocycles. The van der Waals surface area contributed by atoms with Crippen molar-refractivity contribution in [2.24, 2.45) is 0 Å². The normalized spacial score (nSPS) is 10.8. The number of hydrogen-bond donors (Lipinski definition) is 1. The van der Waals surface area contributed by atoms with Crippen LogP contribution < -0.4 is 10.9 Å². The molecule has 0 aliphatic rings. The van der Waals surface area contributed by atoms with E-state index in [-0.39, 0.29) is 17.3 Å². The summed E-state index contributed by atoms with van der Waals surface area (Å²) in [5, 5.41) is 2.54. The number of halogens is 1. The fourth-order valence-corrected chi connectivity index (χ4v) is 2.77. The number of amides is 1. The Kier molecular flexibility index (Phi) is 5.45. The predicted octanol–water partition coefficient (Wildman–Crippen LogP) is 3.81. The van der Waals surface area contributed by atoms with E-state index in [2.05, 4.69) is 10.3 Å². The van der Waals surface area contributed by atoms with E-state index in [9.17, 15) is 14.0 Å². The Balaban J connectivity index is 1.82. The lowest BCUT2D eigenvalue weighted by molar-refractivity contribution is 0.102. The first-order chi connectivity index (χ1) is 13.0. The standard InChI is InChI=1S/C21H20FN3O2/c1-14(2)17-9-8-16(12-18(17)22)24-20(26)19-21(27)25(11-10-23-19)13-15-6-4-3-5-7-15/h3-12,14H,13H2,1-2H3,(H,24,26). The quantitative estimate of drug-likeness (QED) is 0.748. The van der Waals surface area contributed by atoms with Gasteiger partial charge >= 0.3 is 0 Å². The van der Waals surface area contributed by atoms with Crippen molar-refractivity contribution >= 4 is 11.6 Å². The first-order valence-electron chi connectivity index (χ1n) is 8.66. The molecule has 1 N–H and O–H groups in total. The summed E-state index contributed by atoms with van der Waals surface area (Å²) in [5.41, 5.74) is 1.04. The van der Waals surface area contributed by atoms with E-state index < -0.39 is 17.3 Å². The zero-order valence-electron chi connectivity index (χ0n) is 15.1. The molecule has 27 heavy (non-hydrogen) atoms. The number of rotatable bonds is 5. The summed E-state index contributed by atoms with van der Waals surface area (Å²) in [5.74, 6) is -1.03. The van der Waals surface area contributed by atoms with Crippen LogP contribution in [0.2, 0.25) is 0 Å². The number of nitrogens with zero attached hydrogens (tertiary/aromatic N) is 2. The second-order valence-electron chi connectivity index (χ2n) is 6.54. The number of anilines is 1. The van der Waals surface area contributed by atoms with Crippen molar-refractivity contribution in [1.29, 1.82) is 0 Å². The van der Waals surface area contributed by atoms with Gasteiger partial charge in [0.15, 0.2) is 5.69 Å². The number of benzene rings is 2. The minimum atomic E-state index is -0.667. The van der Waals surface area contributed by atoms with E-state index in [4.69, 9.17) is 0 Å². The topological polar surface area (TPSA) is 64.0 Å². The number of carbonyl (C=O) groups is 1. The average molecular weight is 365 g/mol. The predicted molar refractivity (Wildman–Crippen MR) is 102 cm³/mol. The molecular weight excluding hydrogens is 345 g/mol. The van der Waals surface area contributed by atoms with Crippen LogP contribution in [0.3, 0.4) is 0 Å². The Bertz CT molecular complexity index is 1010. The molecule has 0 fully saturated rings. The minimum absolute atomic E-state index is 0.0377. The third-order valence-corrected chi connectivity index (χ3v) is 4.20. The molecule has 0 saturated heterocycles. The second kappa shape index (κ2) is 7.95. The van der Waals surface area contributed by atoms with Crippen molar-refractivity contribution in [2.45, 2.75) is 26.3 Å². The van der Waals surface area contributed by atoms with Crippen molar-refractivity contribution in [3.63, 3.8) is 0 Å². The van der Waals surface area contributed by atoms with Gasteiger partial charge in [-0.2, -0.15) is 0 Å². The van der Waals surface area contributed by atoms with E-state index in [1.165, 1.54) is 23.0 Å². The Morgan fingerprint density at radius 2 is 1.93 bits per heavy atom. The van der Waals surface area contributed by atoms with Crippen LogP contribution in [0.5, 0.6) is 0 Å². The van der Waals surface area contributed by atoms with Crippen LogP contribution in [0.1, 0.15) is 41.4 Å². The SMILES string of the molecule is CC(C)c1ccc(NC(=O)c2nccn(Cc3ccccc3)c2=O)cc1F. The van der Waals surface area contributed by atoms with Crippen molar-refractivity contribution in [2.75, 3.05) is 5.32 Å². The summed E-state index contributed by atoms with van der Waals surface area (Å²) < 4.78 is 15.5. The van der Waals surface area contributed by atoms with Crippen molar-refractivity contribution in [1.82, 2.24) is 9.55 Å². The van der Waals surface area contributed by atoms with E-state index in [1.807, 2.05) is 44.2 Å². The molecule has 3 rings (SSSR count). The Hall–Kier alpha value is -3.28. The average Bonchev–Trinajstić information content (AvgIpc) is 2.64. The van der Waals surface area contributed by atoms with E-state index in [1.54, 1.807) is 12.1 Å². The van der Waals surface area contributed by atoms with Crippen LogP contribution in [-0.2, 0) is 6.54 Å². The summed E-state index contributed by atoms with van der Waals surface area (Å²) in [6.07, 6.45) is 2.94. The maximum Gasteiger partial charge on any atom is 0.282 e. The Morgan fingerprint density at radius 1 is 1.19 bits per heavy atom. The van der Waals surface area contributed by atoms with E-state index in [0.717, 1.165) is 5.56 Å². The summed E-state index contributed by atoms with van der Waals surface area (Å²) >= 11 is 0. The van der Waals surface area contributed by atoms with Crippen LogP contribution in [0.15, 0.2) is 65.7 Å². The number of hydrogen-bond acceptors (Lipinski definition) is 3. The molecule has 138 valence electrons. The highest BCUT2D eigenvalue weighted by molar-refractivity contribution is 6.02. The first-order valence-corrected chi connectivity index (χ1v) is 8.66. The summed E-state index contributed by atoms with van der Waals surface area (Å²) in [6, 6.07) is 13.9. The highest BCUT2D eigenvalue weighted by Gasteiger charge is 2.16. The van der Waals surface area contributed by atoms with Gasteiger partial charge in [0.1, 0.15) is 5.82 Å². The van der Waals surface area contributed by atoms with Crippen LogP contribution in [-0.4, -0.2) is 15.5 Å². The molecule has 0 aliphatic carbocycles. The van der Waals surface area contributed by atoms with Crippen molar-refractivity contribution in [3.05, 3.63) is 93.9 Å². The van der Waals surface area contributed by atoms with Crippen LogP contribution in [0, 0.1) is 5.82 Å². The fourth-order valence-electron chi connectivity index (χ4n) is 2.77. The summed E-state index contributed by atoms with van der Waals surface area (Å²) in [6.45, 7) is 4.11. The monoisotopic (exact) mass is 365 g/mol. The number of carbonyl (C=O) groups excluding carboxylic acids is 1. The van der Waals surface area contributed by atoms with Crippen LogP contribution >= 0.6 is 0 Å². The minimum Gasteiger partial charge on any atom is -0.320 e. The molecule has 0 unspecified atom stereocenters. The zero-order valence-corrected chi connectivity index (χ0v) is 15.1. The molecule has 0 atom stereocenters. The van der Waals surface area contributed by atoms with Crippen LogP contribution in [0.4, 0.5) is 10.1 Å². The smallest absolute Gasteiger partial charge is 0.282 e. The maximum absolute atomic E-state index is 14.1. The third kappa shape index (κ3) is 4.28. The molecule has 0 radical (unpaired) electrons. The Morgan fingerprint density at radius 3 is 2.59 bits per heavy atom. The summed E-state index contributed by atoms with van der Waals surface area (Å²) in [7, 11) is 0. The highest BCUT2D eigenvalue weighted by Crippen LogP contribution is 2.21. The van der Waals surface area contributed by atoms with Gasteiger partial charge in [-0.3, -0.25) is 9.59 Å². The lowest BCUT2D eigenvalue weighted by Crippen LogP contribution is -2.30. The van der Waals surface area contributed by atoms with E-state index >= 15 is 0 Å². The number of aromatic nitrogens is 2. The van der Waals surface area contributed by atoms with Gasteiger partial charge in [-0.15, -0.1) is 0 Å². The van der Waals surface area contributed by atoms with Gasteiger partial charge in [-0.05, 0) is 29.2 Å². The molecule has 1 heterocycles. The third-order valence-electron chi connectivity index (χ3n) is 4.20. The maximum atomic E-state index is 14.1. The largest absolute Gasteiger partial charge is 0.320 e. The molecule has 0 spiro atoms. The second-order valence-corrected chi connectivity index (χ2v) is 6.54. The molecule has 1 amide bonds. The van der Waals surface area contributed by atoms with Gasteiger partial charge in [0.2, 0.25) is 0 Å². The molecular formula is C21H20FN3O2. The molecule has 0 bridgehead atoms. The molecule has 6 heteroatoms. The molecule has 1 aromatic heterocycles. The zero-order chi connectivity index (χ0) is 19.4. The Labute approximate surface area is 156 Å². The van der Waals surface area contributed by atoms with Crippen molar-refractivity contribution in [3.8, 4) is 0 Å². The molecule has 0 saturated carbocycles. The lowest BCUT2D eigenvalue weighted by atomic mass is 10.0. The van der Waals surface area contributed by atoms with Gasteiger partial charge in [-0.25, -0.2) is 9.37 Å². The van der Waals surface area contributed by atoms with Gasteiger partial charge in [0.25, 0.3) is 11.5 Å². The fraction of sp³-hybridized carbons (Fsp3) is 0.190. The lowest BCUT2D eigenvalue weighted by Gasteiger charge is -2.10. The van der Waals surface area contributed by atoms with Gasteiger partial charge in [0.05, 0.1) is 6.54 Å². The van der Waals surface area contributed by atoms with Gasteiger partial charge in [0, 0.05) is 18.1 Å². The molecule has 5 nitrogen and oxygen atoms in total. The first kappa shape index (κ1) is 18.5. The summed E-state index contributed by atoms with van der Waals surface area (Å²) in [4.78, 5) is 28.9. The van der Waals surface area contributed by atoms with Crippen molar-refractivity contribution < 1.29 is 9.18 Å².